The van der Waals surface area contributed by atoms with Crippen LogP contribution < -0.4 is 5.32 Å². The topological polar surface area (TPSA) is 32.3 Å². The van der Waals surface area contributed by atoms with Crippen molar-refractivity contribution in [3.05, 3.63) is 29.8 Å². The number of hydrogen-bond donors (Lipinski definition) is 1. The number of hydrogen-bond acceptors (Lipinski definition) is 2. The van der Waals surface area contributed by atoms with E-state index in [2.05, 4.69) is 31.0 Å². The lowest BCUT2D eigenvalue weighted by molar-refractivity contribution is 0.0656. The average molecular weight is 288 g/mol. The molecule has 0 spiro atoms. The number of rotatable bonds is 6. The van der Waals surface area contributed by atoms with E-state index in [1.54, 1.807) is 0 Å². The van der Waals surface area contributed by atoms with E-state index < -0.39 is 0 Å². The molecular weight excluding hydrogens is 260 g/mol. The Morgan fingerprint density at radius 3 is 2.57 bits per heavy atom. The molecule has 0 saturated heterocycles. The lowest BCUT2D eigenvalue weighted by Gasteiger charge is -2.31. The fraction of sp³-hybridized carbons (Fsp3) is 0.611. The first kappa shape index (κ1) is 15.9. The standard InChI is InChI=1S/C18H28N2O/c1-4-19-17-12-8-7-11-16(17)18(21)20(13-14(2)3)15-9-5-6-10-15/h7-8,11-12,14-15,19H,4-6,9-10,13H2,1-3H3. The summed E-state index contributed by atoms with van der Waals surface area (Å²) in [6.45, 7) is 8.11. The monoisotopic (exact) mass is 288 g/mol. The Balaban J connectivity index is 2.24. The van der Waals surface area contributed by atoms with Crippen LogP contribution in [-0.2, 0) is 0 Å². The Kier molecular flexibility index (Phi) is 5.66. The van der Waals surface area contributed by atoms with Crippen molar-refractivity contribution in [3.63, 3.8) is 0 Å². The van der Waals surface area contributed by atoms with Gasteiger partial charge in [-0.2, -0.15) is 0 Å². The van der Waals surface area contributed by atoms with Crippen LogP contribution in [0.1, 0.15) is 56.8 Å². The van der Waals surface area contributed by atoms with Crippen molar-refractivity contribution < 1.29 is 4.79 Å². The van der Waals surface area contributed by atoms with Crippen LogP contribution in [0.5, 0.6) is 0 Å². The summed E-state index contributed by atoms with van der Waals surface area (Å²) in [6.07, 6.45) is 4.81. The fourth-order valence-electron chi connectivity index (χ4n) is 3.18. The van der Waals surface area contributed by atoms with Gasteiger partial charge >= 0.3 is 0 Å². The van der Waals surface area contributed by atoms with Gasteiger partial charge in [0.1, 0.15) is 0 Å². The van der Waals surface area contributed by atoms with Crippen LogP contribution in [0.15, 0.2) is 24.3 Å². The minimum atomic E-state index is 0.187. The molecule has 0 aromatic heterocycles. The van der Waals surface area contributed by atoms with E-state index in [0.29, 0.717) is 12.0 Å². The van der Waals surface area contributed by atoms with Gasteiger partial charge in [0.2, 0.25) is 0 Å². The molecule has 1 aromatic rings. The Hall–Kier alpha value is -1.51. The van der Waals surface area contributed by atoms with E-state index in [0.717, 1.165) is 37.2 Å². The highest BCUT2D eigenvalue weighted by Gasteiger charge is 2.28. The van der Waals surface area contributed by atoms with Crippen molar-refractivity contribution >= 4 is 11.6 Å². The second kappa shape index (κ2) is 7.48. The van der Waals surface area contributed by atoms with Gasteiger partial charge in [-0.1, -0.05) is 38.8 Å². The van der Waals surface area contributed by atoms with Crippen molar-refractivity contribution in [3.8, 4) is 0 Å². The molecule has 1 aliphatic rings. The molecule has 0 radical (unpaired) electrons. The second-order valence-corrected chi connectivity index (χ2v) is 6.37. The summed E-state index contributed by atoms with van der Waals surface area (Å²) >= 11 is 0. The molecule has 0 unspecified atom stereocenters. The molecule has 1 aliphatic carbocycles. The van der Waals surface area contributed by atoms with Crippen molar-refractivity contribution in [1.82, 2.24) is 4.90 Å². The summed E-state index contributed by atoms with van der Waals surface area (Å²) in [5.74, 6) is 0.688. The molecule has 116 valence electrons. The molecule has 2 rings (SSSR count). The summed E-state index contributed by atoms with van der Waals surface area (Å²) in [6, 6.07) is 8.31. The molecule has 0 atom stereocenters. The number of benzene rings is 1. The maximum Gasteiger partial charge on any atom is 0.256 e. The Morgan fingerprint density at radius 2 is 1.95 bits per heavy atom. The smallest absolute Gasteiger partial charge is 0.256 e. The van der Waals surface area contributed by atoms with E-state index in [1.165, 1.54) is 12.8 Å². The minimum Gasteiger partial charge on any atom is -0.385 e. The quantitative estimate of drug-likeness (QED) is 0.852. The zero-order chi connectivity index (χ0) is 15.2. The van der Waals surface area contributed by atoms with Crippen molar-refractivity contribution in [2.75, 3.05) is 18.4 Å². The summed E-state index contributed by atoms with van der Waals surface area (Å²) in [5.41, 5.74) is 1.77. The highest BCUT2D eigenvalue weighted by atomic mass is 16.2. The highest BCUT2D eigenvalue weighted by Crippen LogP contribution is 2.27. The lowest BCUT2D eigenvalue weighted by atomic mass is 10.1. The van der Waals surface area contributed by atoms with Crippen molar-refractivity contribution in [2.45, 2.75) is 52.5 Å². The lowest BCUT2D eigenvalue weighted by Crippen LogP contribution is -2.41. The van der Waals surface area contributed by atoms with Crippen LogP contribution in [0.3, 0.4) is 0 Å². The van der Waals surface area contributed by atoms with Crippen LogP contribution in [0.25, 0.3) is 0 Å². The Bertz CT molecular complexity index is 464. The molecule has 1 saturated carbocycles. The number of para-hydroxylation sites is 1. The molecule has 1 aromatic carbocycles. The summed E-state index contributed by atoms with van der Waals surface area (Å²) in [7, 11) is 0. The first-order chi connectivity index (χ1) is 10.1. The van der Waals surface area contributed by atoms with Gasteiger partial charge in [0.05, 0.1) is 5.56 Å². The van der Waals surface area contributed by atoms with E-state index in [9.17, 15) is 4.79 Å². The van der Waals surface area contributed by atoms with Crippen LogP contribution >= 0.6 is 0 Å². The molecule has 1 fully saturated rings. The second-order valence-electron chi connectivity index (χ2n) is 6.37. The molecule has 0 heterocycles. The Labute approximate surface area is 128 Å². The van der Waals surface area contributed by atoms with Gasteiger partial charge in [-0.05, 0) is 37.8 Å². The van der Waals surface area contributed by atoms with E-state index >= 15 is 0 Å². The number of anilines is 1. The number of nitrogens with one attached hydrogen (secondary N) is 1. The Morgan fingerprint density at radius 1 is 1.29 bits per heavy atom. The molecule has 21 heavy (non-hydrogen) atoms. The predicted molar refractivity (Wildman–Crippen MR) is 88.7 cm³/mol. The third-order valence-corrected chi connectivity index (χ3v) is 4.11. The zero-order valence-electron chi connectivity index (χ0n) is 13.6. The van der Waals surface area contributed by atoms with Crippen LogP contribution in [0, 0.1) is 5.92 Å². The van der Waals surface area contributed by atoms with Gasteiger partial charge in [0.15, 0.2) is 0 Å². The molecular formula is C18H28N2O. The minimum absolute atomic E-state index is 0.187. The molecule has 0 aliphatic heterocycles. The van der Waals surface area contributed by atoms with E-state index in [-0.39, 0.29) is 5.91 Å². The fourth-order valence-corrected chi connectivity index (χ4v) is 3.18. The molecule has 1 N–H and O–H groups in total. The van der Waals surface area contributed by atoms with Gasteiger partial charge in [-0.25, -0.2) is 0 Å². The van der Waals surface area contributed by atoms with Crippen LogP contribution in [0.2, 0.25) is 0 Å². The maximum atomic E-state index is 13.0. The summed E-state index contributed by atoms with van der Waals surface area (Å²) < 4.78 is 0. The third kappa shape index (κ3) is 3.99. The first-order valence-corrected chi connectivity index (χ1v) is 8.27. The maximum absolute atomic E-state index is 13.0. The number of nitrogens with zero attached hydrogens (tertiary/aromatic N) is 1. The van der Waals surface area contributed by atoms with Gasteiger partial charge < -0.3 is 10.2 Å². The van der Waals surface area contributed by atoms with Crippen LogP contribution in [0.4, 0.5) is 5.69 Å². The molecule has 3 heteroatoms. The number of carbonyl (C=O) groups is 1. The largest absolute Gasteiger partial charge is 0.385 e. The van der Waals surface area contributed by atoms with Crippen molar-refractivity contribution in [1.29, 1.82) is 0 Å². The average Bonchev–Trinajstić information content (AvgIpc) is 2.99. The first-order valence-electron chi connectivity index (χ1n) is 8.27. The summed E-state index contributed by atoms with van der Waals surface area (Å²) in [4.78, 5) is 15.2. The predicted octanol–water partition coefficient (Wildman–Crippen LogP) is 4.16. The summed E-state index contributed by atoms with van der Waals surface area (Å²) in [5, 5.41) is 3.31. The van der Waals surface area contributed by atoms with Gasteiger partial charge in [0, 0.05) is 24.8 Å². The SMILES string of the molecule is CCNc1ccccc1C(=O)N(CC(C)C)C1CCCC1. The number of amides is 1. The zero-order valence-corrected chi connectivity index (χ0v) is 13.6. The normalized spacial score (nSPS) is 15.4. The van der Waals surface area contributed by atoms with Crippen LogP contribution in [-0.4, -0.2) is 29.9 Å². The molecule has 3 nitrogen and oxygen atoms in total. The molecule has 0 bridgehead atoms. The van der Waals surface area contributed by atoms with E-state index in [4.69, 9.17) is 0 Å². The third-order valence-electron chi connectivity index (χ3n) is 4.11. The van der Waals surface area contributed by atoms with Crippen molar-refractivity contribution in [2.24, 2.45) is 5.92 Å². The van der Waals surface area contributed by atoms with Gasteiger partial charge in [0.25, 0.3) is 5.91 Å². The molecule has 1 amide bonds. The van der Waals surface area contributed by atoms with Gasteiger partial charge in [-0.3, -0.25) is 4.79 Å². The van der Waals surface area contributed by atoms with Gasteiger partial charge in [-0.15, -0.1) is 0 Å². The van der Waals surface area contributed by atoms with E-state index in [1.807, 2.05) is 24.3 Å². The highest BCUT2D eigenvalue weighted by molar-refractivity contribution is 5.99. The number of carbonyl (C=O) groups excluding carboxylic acids is 1.